The first-order valence-electron chi connectivity index (χ1n) is 11.2. The number of aliphatic hydroxyl groups is 1. The van der Waals surface area contributed by atoms with Gasteiger partial charge in [-0.3, -0.25) is 9.69 Å². The molecule has 0 atom stereocenters. The number of allylic oxidation sites excluding steroid dienone is 2. The van der Waals surface area contributed by atoms with Crippen LogP contribution in [0.15, 0.2) is 76.4 Å². The Morgan fingerprint density at radius 1 is 1.14 bits per heavy atom. The standard InChI is InChI=1S/C27H31N3O4S/c1-6-7-21(31)16-30(15-20-9-11-22(12-10-20)35-27(4,5)26(32)33)17-24-28-25(29-34-24)23-13-8-18(2)14-19(23)3/h6-14,31H,1,15-17H2,2-5H3,(H,32,33)/b21-7-. The van der Waals surface area contributed by atoms with E-state index in [0.717, 1.165) is 21.6 Å². The molecule has 0 saturated carbocycles. The lowest BCUT2D eigenvalue weighted by Crippen LogP contribution is -2.27. The highest BCUT2D eigenvalue weighted by molar-refractivity contribution is 8.01. The number of hydrogen-bond donors (Lipinski definition) is 2. The van der Waals surface area contributed by atoms with E-state index in [2.05, 4.69) is 22.8 Å². The SMILES string of the molecule is C=C/C=C(\O)CN(Cc1ccc(SC(C)(C)C(=O)O)cc1)Cc1nc(-c2ccc(C)cc2C)no1. The van der Waals surface area contributed by atoms with Crippen LogP contribution in [0.5, 0.6) is 0 Å². The van der Waals surface area contributed by atoms with Crippen LogP contribution >= 0.6 is 11.8 Å². The first kappa shape index (κ1) is 26.2. The molecule has 7 nitrogen and oxygen atoms in total. The number of rotatable bonds is 11. The van der Waals surface area contributed by atoms with Crippen LogP contribution in [0.25, 0.3) is 11.4 Å². The van der Waals surface area contributed by atoms with E-state index >= 15 is 0 Å². The predicted octanol–water partition coefficient (Wildman–Crippen LogP) is 5.94. The third kappa shape index (κ3) is 7.31. The van der Waals surface area contributed by atoms with Crippen molar-refractivity contribution in [3.63, 3.8) is 0 Å². The van der Waals surface area contributed by atoms with Gasteiger partial charge in [0, 0.05) is 17.0 Å². The molecule has 1 heterocycles. The average Bonchev–Trinajstić information content (AvgIpc) is 3.23. The summed E-state index contributed by atoms with van der Waals surface area (Å²) >= 11 is 1.30. The quantitative estimate of drug-likeness (QED) is 0.192. The summed E-state index contributed by atoms with van der Waals surface area (Å²) in [6, 6.07) is 13.8. The summed E-state index contributed by atoms with van der Waals surface area (Å²) in [6.07, 6.45) is 3.09. The first-order valence-corrected chi connectivity index (χ1v) is 12.0. The van der Waals surface area contributed by atoms with Crippen LogP contribution in [-0.2, 0) is 17.9 Å². The van der Waals surface area contributed by atoms with Crippen molar-refractivity contribution in [1.29, 1.82) is 0 Å². The van der Waals surface area contributed by atoms with Crippen molar-refractivity contribution in [2.45, 2.75) is 50.4 Å². The van der Waals surface area contributed by atoms with Gasteiger partial charge in [-0.1, -0.05) is 53.7 Å². The van der Waals surface area contributed by atoms with E-state index in [1.165, 1.54) is 23.4 Å². The molecule has 1 aromatic heterocycles. The highest BCUT2D eigenvalue weighted by Gasteiger charge is 2.28. The second-order valence-electron chi connectivity index (χ2n) is 8.93. The third-order valence-corrected chi connectivity index (χ3v) is 6.56. The Labute approximate surface area is 210 Å². The molecule has 0 radical (unpaired) electrons. The number of carboxylic acid groups (broad SMARTS) is 1. The van der Waals surface area contributed by atoms with E-state index in [0.29, 0.717) is 24.8 Å². The number of aryl methyl sites for hydroxylation is 2. The Bertz CT molecular complexity index is 1220. The second-order valence-corrected chi connectivity index (χ2v) is 10.6. The van der Waals surface area contributed by atoms with Crippen LogP contribution in [0.4, 0.5) is 0 Å². The molecular formula is C27H31N3O4S. The Morgan fingerprint density at radius 2 is 1.86 bits per heavy atom. The molecule has 3 rings (SSSR count). The number of hydrogen-bond acceptors (Lipinski definition) is 7. The van der Waals surface area contributed by atoms with E-state index < -0.39 is 10.7 Å². The van der Waals surface area contributed by atoms with Crippen molar-refractivity contribution in [3.8, 4) is 11.4 Å². The lowest BCUT2D eigenvalue weighted by molar-refractivity contribution is -0.138. The molecule has 3 aromatic rings. The Hall–Kier alpha value is -3.36. The largest absolute Gasteiger partial charge is 0.511 e. The highest BCUT2D eigenvalue weighted by atomic mass is 32.2. The lowest BCUT2D eigenvalue weighted by Gasteiger charge is -2.21. The zero-order chi connectivity index (χ0) is 25.6. The second kappa shape index (κ2) is 11.4. The van der Waals surface area contributed by atoms with Crippen LogP contribution in [0, 0.1) is 13.8 Å². The van der Waals surface area contributed by atoms with E-state index in [1.807, 2.05) is 55.1 Å². The Balaban J connectivity index is 1.76. The Morgan fingerprint density at radius 3 is 2.49 bits per heavy atom. The normalized spacial score (nSPS) is 12.2. The van der Waals surface area contributed by atoms with Gasteiger partial charge in [-0.2, -0.15) is 4.98 Å². The Kier molecular flexibility index (Phi) is 8.53. The molecule has 0 aliphatic carbocycles. The van der Waals surface area contributed by atoms with Crippen molar-refractivity contribution in [3.05, 3.63) is 89.5 Å². The maximum Gasteiger partial charge on any atom is 0.319 e. The molecule has 0 aliphatic rings. The van der Waals surface area contributed by atoms with Gasteiger partial charge in [-0.15, -0.1) is 11.8 Å². The summed E-state index contributed by atoms with van der Waals surface area (Å²) in [5.41, 5.74) is 4.17. The molecule has 0 aliphatic heterocycles. The minimum atomic E-state index is -0.916. The van der Waals surface area contributed by atoms with Gasteiger partial charge in [0.25, 0.3) is 0 Å². The van der Waals surface area contributed by atoms with E-state index in [4.69, 9.17) is 4.52 Å². The van der Waals surface area contributed by atoms with Crippen molar-refractivity contribution >= 4 is 17.7 Å². The fourth-order valence-corrected chi connectivity index (χ4v) is 4.48. The molecule has 8 heteroatoms. The van der Waals surface area contributed by atoms with E-state index in [9.17, 15) is 15.0 Å². The van der Waals surface area contributed by atoms with Crippen LogP contribution < -0.4 is 0 Å². The smallest absolute Gasteiger partial charge is 0.319 e. The summed E-state index contributed by atoms with van der Waals surface area (Å²) in [6.45, 7) is 12.2. The number of aromatic nitrogens is 2. The summed E-state index contributed by atoms with van der Waals surface area (Å²) in [5, 5.41) is 23.8. The number of thioether (sulfide) groups is 1. The third-order valence-electron chi connectivity index (χ3n) is 5.36. The summed E-state index contributed by atoms with van der Waals surface area (Å²) in [7, 11) is 0. The highest BCUT2D eigenvalue weighted by Crippen LogP contribution is 2.33. The monoisotopic (exact) mass is 493 g/mol. The molecule has 184 valence electrons. The van der Waals surface area contributed by atoms with Gasteiger partial charge in [0.1, 0.15) is 10.5 Å². The number of aliphatic carboxylic acids is 1. The number of carboxylic acids is 1. The maximum atomic E-state index is 11.4. The van der Waals surface area contributed by atoms with Crippen LogP contribution in [0.2, 0.25) is 0 Å². The fourth-order valence-electron chi connectivity index (χ4n) is 3.53. The van der Waals surface area contributed by atoms with E-state index in [1.54, 1.807) is 19.9 Å². The van der Waals surface area contributed by atoms with Crippen LogP contribution in [0.3, 0.4) is 0 Å². The summed E-state index contributed by atoms with van der Waals surface area (Å²) in [5.74, 6) is 0.291. The lowest BCUT2D eigenvalue weighted by atomic mass is 10.1. The molecule has 0 unspecified atom stereocenters. The van der Waals surface area contributed by atoms with Gasteiger partial charge in [-0.25, -0.2) is 0 Å². The molecule has 0 spiro atoms. The molecule has 2 aromatic carbocycles. The van der Waals surface area contributed by atoms with Crippen molar-refractivity contribution < 1.29 is 19.5 Å². The minimum Gasteiger partial charge on any atom is -0.511 e. The summed E-state index contributed by atoms with van der Waals surface area (Å²) < 4.78 is 4.61. The van der Waals surface area contributed by atoms with Gasteiger partial charge >= 0.3 is 5.97 Å². The molecular weight excluding hydrogens is 462 g/mol. The molecule has 0 fully saturated rings. The molecule has 2 N–H and O–H groups in total. The molecule has 0 saturated heterocycles. The van der Waals surface area contributed by atoms with Gasteiger partial charge in [0.05, 0.1) is 13.1 Å². The number of benzene rings is 2. The maximum absolute atomic E-state index is 11.4. The molecule has 0 amide bonds. The topological polar surface area (TPSA) is 99.7 Å². The van der Waals surface area contributed by atoms with E-state index in [-0.39, 0.29) is 12.3 Å². The minimum absolute atomic E-state index is 0.171. The van der Waals surface area contributed by atoms with Crippen LogP contribution in [-0.4, -0.2) is 42.5 Å². The van der Waals surface area contributed by atoms with Crippen molar-refractivity contribution in [2.75, 3.05) is 6.54 Å². The average molecular weight is 494 g/mol. The van der Waals surface area contributed by atoms with Gasteiger partial charge < -0.3 is 14.7 Å². The van der Waals surface area contributed by atoms with Gasteiger partial charge in [0.15, 0.2) is 0 Å². The number of aliphatic hydroxyl groups excluding tert-OH is 1. The number of nitrogens with zero attached hydrogens (tertiary/aromatic N) is 3. The summed E-state index contributed by atoms with van der Waals surface area (Å²) in [4.78, 5) is 18.8. The van der Waals surface area contributed by atoms with Gasteiger partial charge in [0.2, 0.25) is 11.7 Å². The first-order chi connectivity index (χ1) is 16.6. The number of carbonyl (C=O) groups is 1. The molecule has 0 bridgehead atoms. The van der Waals surface area contributed by atoms with Gasteiger partial charge in [-0.05, 0) is 57.0 Å². The zero-order valence-corrected chi connectivity index (χ0v) is 21.3. The van der Waals surface area contributed by atoms with Crippen molar-refractivity contribution in [1.82, 2.24) is 15.0 Å². The predicted molar refractivity (Wildman–Crippen MR) is 138 cm³/mol. The molecule has 35 heavy (non-hydrogen) atoms. The fraction of sp³-hybridized carbons (Fsp3) is 0.296. The van der Waals surface area contributed by atoms with Crippen LogP contribution in [0.1, 0.15) is 36.4 Å². The van der Waals surface area contributed by atoms with Crippen molar-refractivity contribution in [2.24, 2.45) is 0 Å². The zero-order valence-electron chi connectivity index (χ0n) is 20.5.